The smallest absolute Gasteiger partial charge is 0.327 e. The molecule has 0 saturated carbocycles. The summed E-state index contributed by atoms with van der Waals surface area (Å²) >= 11 is -3.61. The van der Waals surface area contributed by atoms with Crippen molar-refractivity contribution in [1.82, 2.24) is 0 Å². The maximum atomic E-state index is 11.3. The molecule has 0 aliphatic rings. The van der Waals surface area contributed by atoms with E-state index in [-0.39, 0.29) is 12.1 Å². The van der Waals surface area contributed by atoms with E-state index in [9.17, 15) is 8.42 Å². The van der Waals surface area contributed by atoms with Crippen LogP contribution in [0.5, 0.6) is 0 Å². The summed E-state index contributed by atoms with van der Waals surface area (Å²) in [7, 11) is 7.20. The van der Waals surface area contributed by atoms with Gasteiger partial charge in [-0.3, -0.25) is 0 Å². The molecule has 0 radical (unpaired) electrons. The standard InChI is InChI=1S/C10H27IN4O4S6/c12-9(7-24(16)18-11-14)1-3-20-22-5-6-23-21-4-2-10(13)8-25(17)19-15/h9-10H,1-8,12-14H2,15H3. The third-order valence-electron chi connectivity index (χ3n) is 2.50. The Bertz CT molecular complexity index is 376. The predicted octanol–water partition coefficient (Wildman–Crippen LogP) is -3.42. The van der Waals surface area contributed by atoms with Crippen molar-refractivity contribution < 1.29 is 43.0 Å². The first-order valence-electron chi connectivity index (χ1n) is 7.19. The van der Waals surface area contributed by atoms with E-state index in [1.165, 1.54) is 0 Å². The van der Waals surface area contributed by atoms with Crippen molar-refractivity contribution in [3.63, 3.8) is 0 Å². The van der Waals surface area contributed by atoms with Crippen LogP contribution >= 0.6 is 43.2 Å². The summed E-state index contributed by atoms with van der Waals surface area (Å²) in [4.78, 5) is 0. The number of rotatable bonds is 18. The van der Waals surface area contributed by atoms with Gasteiger partial charge in [0.2, 0.25) is 11.1 Å². The minimum absolute atomic E-state index is 0.109. The average molecular weight is 587 g/mol. The molecule has 25 heavy (non-hydrogen) atoms. The van der Waals surface area contributed by atoms with E-state index >= 15 is 0 Å². The minimum Gasteiger partial charge on any atom is -0.327 e. The molecular weight excluding hydrogens is 559 g/mol. The normalized spacial score (nSPS) is 16.6. The zero-order valence-corrected chi connectivity index (χ0v) is 20.8. The summed E-state index contributed by atoms with van der Waals surface area (Å²) in [5.74, 6) is 7.76. The summed E-state index contributed by atoms with van der Waals surface area (Å²) in [5.41, 5.74) is 11.7. The van der Waals surface area contributed by atoms with Gasteiger partial charge in [-0.15, -0.1) is 4.28 Å². The van der Waals surface area contributed by atoms with Crippen LogP contribution in [0.25, 0.3) is 0 Å². The van der Waals surface area contributed by atoms with Crippen molar-refractivity contribution in [2.75, 3.05) is 34.5 Å². The number of hydrogen-bond acceptors (Lipinski definition) is 11. The molecule has 0 rings (SSSR count). The summed E-state index contributed by atoms with van der Waals surface area (Å²) in [6.07, 6.45) is 1.62. The molecular formula is C10H27IN4O4S6. The van der Waals surface area contributed by atoms with Crippen LogP contribution < -0.4 is 43.2 Å². The first-order chi connectivity index (χ1) is 12.0. The van der Waals surface area contributed by atoms with E-state index in [4.69, 9.17) is 17.9 Å². The first-order valence-corrected chi connectivity index (χ1v) is 16.8. The van der Waals surface area contributed by atoms with Gasteiger partial charge >= 0.3 is 128 Å². The van der Waals surface area contributed by atoms with E-state index < -0.39 is 44.1 Å². The van der Waals surface area contributed by atoms with Gasteiger partial charge in [-0.25, -0.2) is 4.21 Å². The molecule has 4 atom stereocenters. The van der Waals surface area contributed by atoms with Gasteiger partial charge in [-0.2, -0.15) is 5.90 Å². The Hall–Kier alpha value is 2.19. The summed E-state index contributed by atoms with van der Waals surface area (Å²) in [5, 5.41) is 0. The molecule has 0 aromatic heterocycles. The van der Waals surface area contributed by atoms with Gasteiger partial charge in [0.1, 0.15) is 0 Å². The van der Waals surface area contributed by atoms with Crippen molar-refractivity contribution >= 4 is 65.3 Å². The zero-order valence-electron chi connectivity index (χ0n) is 13.7. The molecule has 0 bridgehead atoms. The molecule has 154 valence electrons. The third-order valence-corrected chi connectivity index (χ3v) is 11.3. The Kier molecular flexibility index (Phi) is 21.2. The Morgan fingerprint density at radius 3 is 1.76 bits per heavy atom. The van der Waals surface area contributed by atoms with Gasteiger partial charge in [-0.1, -0.05) is 0 Å². The molecule has 0 aromatic carbocycles. The second-order valence-corrected chi connectivity index (χ2v) is 13.8. The molecule has 0 aliphatic heterocycles. The van der Waals surface area contributed by atoms with E-state index in [2.05, 4.69) is 10.2 Å². The maximum absolute atomic E-state index is 11.3. The molecule has 8 nitrogen and oxygen atoms in total. The number of quaternary nitrogens is 1. The van der Waals surface area contributed by atoms with Gasteiger partial charge < -0.3 is 5.73 Å². The number of halogens is 1. The molecule has 0 aromatic rings. The number of nitrogens with two attached hydrogens (primary N) is 3. The summed E-state index contributed by atoms with van der Waals surface area (Å²) < 4.78 is 37.0. The fraction of sp³-hybridized carbons (Fsp3) is 1.00. The second-order valence-electron chi connectivity index (χ2n) is 4.60. The Morgan fingerprint density at radius 2 is 1.32 bits per heavy atom. The van der Waals surface area contributed by atoms with E-state index in [0.717, 1.165) is 35.9 Å². The molecule has 9 N–H and O–H groups in total. The van der Waals surface area contributed by atoms with E-state index in [0.29, 0.717) is 11.5 Å². The SMILES string of the molecule is N[I-]OS(=O)CC(N)CCSSCCSSCCC(N)CS(=O)O[NH3+]. The van der Waals surface area contributed by atoms with Gasteiger partial charge in [-0.05, 0) is 6.42 Å². The van der Waals surface area contributed by atoms with Crippen LogP contribution in [0.4, 0.5) is 0 Å². The summed E-state index contributed by atoms with van der Waals surface area (Å²) in [6, 6.07) is -0.224. The third kappa shape index (κ3) is 19.3. The molecule has 4 unspecified atom stereocenters. The zero-order chi connectivity index (χ0) is 18.9. The second kappa shape index (κ2) is 19.5. The number of hydrogen-bond donors (Lipinski definition) is 4. The molecule has 0 aliphatic carbocycles. The van der Waals surface area contributed by atoms with Crippen LogP contribution in [-0.2, 0) is 29.0 Å². The molecule has 0 heterocycles. The van der Waals surface area contributed by atoms with Gasteiger partial charge in [0.25, 0.3) is 0 Å². The van der Waals surface area contributed by atoms with Crippen molar-refractivity contribution in [1.29, 1.82) is 0 Å². The van der Waals surface area contributed by atoms with Crippen LogP contribution in [0.1, 0.15) is 12.8 Å². The molecule has 0 amide bonds. The van der Waals surface area contributed by atoms with Crippen LogP contribution in [0.15, 0.2) is 0 Å². The average Bonchev–Trinajstić information content (AvgIpc) is 2.56. The monoisotopic (exact) mass is 586 g/mol. The Balaban J connectivity index is 3.33. The van der Waals surface area contributed by atoms with E-state index in [1.54, 1.807) is 21.6 Å². The topological polar surface area (TPSA) is 158 Å². The minimum atomic E-state index is -1.37. The Morgan fingerprint density at radius 1 is 0.880 bits per heavy atom. The molecule has 0 fully saturated rings. The van der Waals surface area contributed by atoms with Crippen LogP contribution in [0.2, 0.25) is 0 Å². The quantitative estimate of drug-likeness (QED) is 0.0417. The Labute approximate surface area is 181 Å². The van der Waals surface area contributed by atoms with Crippen LogP contribution in [0, 0.1) is 0 Å². The van der Waals surface area contributed by atoms with Crippen LogP contribution in [0.3, 0.4) is 0 Å². The van der Waals surface area contributed by atoms with Crippen molar-refractivity contribution in [2.45, 2.75) is 24.9 Å². The fourth-order valence-corrected chi connectivity index (χ4v) is 8.76. The summed E-state index contributed by atoms with van der Waals surface area (Å²) in [6.45, 7) is 0. The molecule has 0 spiro atoms. The molecule has 15 heteroatoms. The van der Waals surface area contributed by atoms with Gasteiger partial charge in [0.05, 0.1) is 5.75 Å². The van der Waals surface area contributed by atoms with Crippen LogP contribution in [-0.4, -0.2) is 55.0 Å². The van der Waals surface area contributed by atoms with Crippen molar-refractivity contribution in [3.8, 4) is 0 Å². The van der Waals surface area contributed by atoms with Crippen molar-refractivity contribution in [2.24, 2.45) is 15.4 Å². The first kappa shape index (κ1) is 27.2. The predicted molar refractivity (Wildman–Crippen MR) is 110 cm³/mol. The molecule has 0 saturated heterocycles. The van der Waals surface area contributed by atoms with Gasteiger partial charge in [0.15, 0.2) is 0 Å². The fourth-order valence-electron chi connectivity index (χ4n) is 1.33. The van der Waals surface area contributed by atoms with Crippen molar-refractivity contribution in [3.05, 3.63) is 0 Å². The van der Waals surface area contributed by atoms with E-state index in [1.807, 2.05) is 21.6 Å². The van der Waals surface area contributed by atoms with Gasteiger partial charge in [0, 0.05) is 11.8 Å².